The van der Waals surface area contributed by atoms with Gasteiger partial charge in [0.15, 0.2) is 17.5 Å². The number of nitrogen functional groups attached to an aromatic ring is 1. The first kappa shape index (κ1) is 10.7. The van der Waals surface area contributed by atoms with Crippen molar-refractivity contribution in [3.63, 3.8) is 0 Å². The Labute approximate surface area is 102 Å². The van der Waals surface area contributed by atoms with Gasteiger partial charge in [0.25, 0.3) is 0 Å². The summed E-state index contributed by atoms with van der Waals surface area (Å²) < 4.78 is 13.0. The first-order chi connectivity index (χ1) is 8.65. The van der Waals surface area contributed by atoms with Crippen molar-refractivity contribution in [2.45, 2.75) is 6.92 Å². The fourth-order valence-corrected chi connectivity index (χ4v) is 1.82. The number of nitrogens with zero attached hydrogens (tertiary/aromatic N) is 3. The van der Waals surface area contributed by atoms with Crippen LogP contribution in [0, 0.1) is 5.82 Å². The molecule has 0 saturated heterocycles. The van der Waals surface area contributed by atoms with Crippen LogP contribution in [0.3, 0.4) is 0 Å². The van der Waals surface area contributed by atoms with Crippen LogP contribution in [0.15, 0.2) is 11.8 Å². The average Bonchev–Trinajstić information content (AvgIpc) is 2.75. The third kappa shape index (κ3) is 1.60. The largest absolute Gasteiger partial charge is 0.381 e. The average molecular weight is 246 g/mol. The highest BCUT2D eigenvalue weighted by molar-refractivity contribution is 5.79. The number of fused-ring (bicyclic) bond motifs is 1. The second-order valence-electron chi connectivity index (χ2n) is 4.13. The molecule has 3 rings (SSSR count). The van der Waals surface area contributed by atoms with Crippen LogP contribution >= 0.6 is 0 Å². The molecular formula is C11H11FN6. The van der Waals surface area contributed by atoms with E-state index < -0.39 is 5.82 Å². The highest BCUT2D eigenvalue weighted by Crippen LogP contribution is 2.29. The zero-order valence-corrected chi connectivity index (χ0v) is 9.66. The molecule has 3 heterocycles. The van der Waals surface area contributed by atoms with E-state index in [-0.39, 0.29) is 5.82 Å². The number of aromatic amines is 1. The number of halogens is 1. The Balaban J connectivity index is 2.14. The van der Waals surface area contributed by atoms with Crippen molar-refractivity contribution in [2.24, 2.45) is 0 Å². The highest BCUT2D eigenvalue weighted by Gasteiger charge is 2.19. The number of hydrogen-bond donors (Lipinski definition) is 3. The van der Waals surface area contributed by atoms with E-state index in [0.29, 0.717) is 11.5 Å². The van der Waals surface area contributed by atoms with Gasteiger partial charge in [0.1, 0.15) is 11.5 Å². The molecule has 0 saturated carbocycles. The van der Waals surface area contributed by atoms with Crippen LogP contribution in [0.4, 0.5) is 16.0 Å². The van der Waals surface area contributed by atoms with Gasteiger partial charge < -0.3 is 11.1 Å². The van der Waals surface area contributed by atoms with Gasteiger partial charge in [-0.1, -0.05) is 5.57 Å². The summed E-state index contributed by atoms with van der Waals surface area (Å²) in [5, 5.41) is 10.2. The lowest BCUT2D eigenvalue weighted by Crippen LogP contribution is -2.08. The zero-order valence-electron chi connectivity index (χ0n) is 9.66. The first-order valence-corrected chi connectivity index (χ1v) is 5.43. The van der Waals surface area contributed by atoms with Crippen molar-refractivity contribution < 1.29 is 4.39 Å². The molecule has 1 aliphatic rings. The van der Waals surface area contributed by atoms with Crippen molar-refractivity contribution in [1.82, 2.24) is 20.2 Å². The van der Waals surface area contributed by atoms with E-state index in [1.54, 1.807) is 0 Å². The van der Waals surface area contributed by atoms with Gasteiger partial charge in [-0.3, -0.25) is 5.10 Å². The number of nitrogens with two attached hydrogens (primary N) is 1. The molecular weight excluding hydrogens is 235 g/mol. The molecule has 2 aromatic heterocycles. The SMILES string of the molecule is CC1=Cc2c(-c3ncc(F)c(N)n3)n[nH]c2NC1. The molecule has 0 fully saturated rings. The van der Waals surface area contributed by atoms with Crippen LogP contribution in [-0.4, -0.2) is 26.7 Å². The van der Waals surface area contributed by atoms with Crippen molar-refractivity contribution in [1.29, 1.82) is 0 Å². The van der Waals surface area contributed by atoms with Crippen LogP contribution in [0.1, 0.15) is 12.5 Å². The third-order valence-corrected chi connectivity index (χ3v) is 2.72. The molecule has 0 atom stereocenters. The Morgan fingerprint density at radius 3 is 3.06 bits per heavy atom. The molecule has 2 aromatic rings. The highest BCUT2D eigenvalue weighted by atomic mass is 19.1. The van der Waals surface area contributed by atoms with Gasteiger partial charge in [-0.05, 0) is 13.0 Å². The minimum Gasteiger partial charge on any atom is -0.381 e. The maximum Gasteiger partial charge on any atom is 0.183 e. The van der Waals surface area contributed by atoms with Crippen LogP contribution in [0.25, 0.3) is 17.6 Å². The molecule has 92 valence electrons. The predicted molar refractivity (Wildman–Crippen MR) is 66.1 cm³/mol. The van der Waals surface area contributed by atoms with Gasteiger partial charge in [0, 0.05) is 12.1 Å². The summed E-state index contributed by atoms with van der Waals surface area (Å²) >= 11 is 0. The van der Waals surface area contributed by atoms with Gasteiger partial charge >= 0.3 is 0 Å². The summed E-state index contributed by atoms with van der Waals surface area (Å²) in [7, 11) is 0. The number of hydrogen-bond acceptors (Lipinski definition) is 5. The number of nitrogens with one attached hydrogen (secondary N) is 2. The van der Waals surface area contributed by atoms with Gasteiger partial charge in [-0.2, -0.15) is 5.10 Å². The van der Waals surface area contributed by atoms with Gasteiger partial charge in [-0.25, -0.2) is 14.4 Å². The molecule has 1 aliphatic heterocycles. The number of H-pyrrole nitrogens is 1. The summed E-state index contributed by atoms with van der Waals surface area (Å²) in [5.74, 6) is 0.301. The fourth-order valence-electron chi connectivity index (χ4n) is 1.82. The fraction of sp³-hybridized carbons (Fsp3) is 0.182. The maximum absolute atomic E-state index is 13.0. The topological polar surface area (TPSA) is 92.5 Å². The molecule has 0 aromatic carbocycles. The predicted octanol–water partition coefficient (Wildman–Crippen LogP) is 1.42. The Morgan fingerprint density at radius 2 is 2.28 bits per heavy atom. The van der Waals surface area contributed by atoms with Crippen molar-refractivity contribution >= 4 is 17.7 Å². The summed E-state index contributed by atoms with van der Waals surface area (Å²) in [6.45, 7) is 2.77. The second kappa shape index (κ2) is 3.80. The van der Waals surface area contributed by atoms with Crippen molar-refractivity contribution in [3.8, 4) is 11.5 Å². The lowest BCUT2D eigenvalue weighted by Gasteiger charge is -2.12. The molecule has 7 heteroatoms. The number of anilines is 2. The van der Waals surface area contributed by atoms with Crippen LogP contribution < -0.4 is 11.1 Å². The number of aromatic nitrogens is 4. The second-order valence-corrected chi connectivity index (χ2v) is 4.13. The Hall–Kier alpha value is -2.44. The molecule has 18 heavy (non-hydrogen) atoms. The Kier molecular flexibility index (Phi) is 2.26. The smallest absolute Gasteiger partial charge is 0.183 e. The summed E-state index contributed by atoms with van der Waals surface area (Å²) in [6.07, 6.45) is 3.04. The molecule has 4 N–H and O–H groups in total. The standard InChI is InChI=1S/C11H11FN6/c1-5-2-6-8(17-18-10(6)14-3-5)11-15-4-7(12)9(13)16-11/h2,4H,3H2,1H3,(H2,13,15,16)(H2,14,17,18). The van der Waals surface area contributed by atoms with Crippen LogP contribution in [-0.2, 0) is 0 Å². The van der Waals surface area contributed by atoms with Crippen LogP contribution in [0.5, 0.6) is 0 Å². The minimum atomic E-state index is -0.631. The van der Waals surface area contributed by atoms with E-state index in [1.165, 1.54) is 5.57 Å². The Bertz CT molecular complexity index is 645. The molecule has 0 aliphatic carbocycles. The molecule has 0 amide bonds. The monoisotopic (exact) mass is 246 g/mol. The van der Waals surface area contributed by atoms with Gasteiger partial charge in [-0.15, -0.1) is 0 Å². The summed E-state index contributed by atoms with van der Waals surface area (Å²) in [5.41, 5.74) is 8.03. The molecule has 0 radical (unpaired) electrons. The first-order valence-electron chi connectivity index (χ1n) is 5.43. The lowest BCUT2D eigenvalue weighted by atomic mass is 10.1. The van der Waals surface area contributed by atoms with Crippen molar-refractivity contribution in [3.05, 3.63) is 23.2 Å². The quantitative estimate of drug-likeness (QED) is 0.707. The van der Waals surface area contributed by atoms with Crippen LogP contribution in [0.2, 0.25) is 0 Å². The molecule has 0 spiro atoms. The molecule has 0 bridgehead atoms. The van der Waals surface area contributed by atoms with E-state index in [1.807, 2.05) is 13.0 Å². The van der Waals surface area contributed by atoms with E-state index in [9.17, 15) is 4.39 Å². The van der Waals surface area contributed by atoms with Gasteiger partial charge in [0.05, 0.1) is 6.20 Å². The van der Waals surface area contributed by atoms with Gasteiger partial charge in [0.2, 0.25) is 0 Å². The van der Waals surface area contributed by atoms with E-state index in [4.69, 9.17) is 5.73 Å². The molecule has 0 unspecified atom stereocenters. The molecule has 6 nitrogen and oxygen atoms in total. The van der Waals surface area contributed by atoms with E-state index >= 15 is 0 Å². The number of rotatable bonds is 1. The minimum absolute atomic E-state index is 0.179. The lowest BCUT2D eigenvalue weighted by molar-refractivity contribution is 0.620. The maximum atomic E-state index is 13.0. The van der Waals surface area contributed by atoms with E-state index in [0.717, 1.165) is 24.1 Å². The van der Waals surface area contributed by atoms with Crippen molar-refractivity contribution in [2.75, 3.05) is 17.6 Å². The zero-order chi connectivity index (χ0) is 12.7. The summed E-state index contributed by atoms with van der Waals surface area (Å²) in [6, 6.07) is 0. The normalized spacial score (nSPS) is 13.8. The summed E-state index contributed by atoms with van der Waals surface area (Å²) in [4.78, 5) is 7.81. The Morgan fingerprint density at radius 1 is 1.44 bits per heavy atom. The third-order valence-electron chi connectivity index (χ3n) is 2.72. The van der Waals surface area contributed by atoms with E-state index in [2.05, 4.69) is 25.5 Å².